The summed E-state index contributed by atoms with van der Waals surface area (Å²) in [5, 5.41) is 12.2. The van der Waals surface area contributed by atoms with Gasteiger partial charge in [-0.2, -0.15) is 5.26 Å². The number of carbonyl (C=O) groups excluding carboxylic acids is 3. The second-order valence-corrected chi connectivity index (χ2v) is 6.33. The average Bonchev–Trinajstić information content (AvgIpc) is 2.67. The zero-order valence-electron chi connectivity index (χ0n) is 14.9. The Morgan fingerprint density at radius 2 is 1.69 bits per heavy atom. The number of nitrogens with one attached hydrogen (secondary N) is 1. The summed E-state index contributed by atoms with van der Waals surface area (Å²) < 4.78 is 9.84. The molecule has 1 aliphatic carbocycles. The molecule has 7 nitrogen and oxygen atoms in total. The van der Waals surface area contributed by atoms with Crippen LogP contribution in [-0.2, 0) is 14.3 Å². The van der Waals surface area contributed by atoms with Crippen LogP contribution < -0.4 is 5.32 Å². The van der Waals surface area contributed by atoms with Crippen molar-refractivity contribution in [3.05, 3.63) is 35.4 Å². The molecule has 1 N–H and O–H groups in total. The monoisotopic (exact) mass is 358 g/mol. The normalized spacial score (nSPS) is 16.7. The van der Waals surface area contributed by atoms with Gasteiger partial charge in [-0.15, -0.1) is 0 Å². The molecule has 0 heterocycles. The molecule has 1 aromatic rings. The van der Waals surface area contributed by atoms with Crippen LogP contribution >= 0.6 is 0 Å². The Bertz CT molecular complexity index is 732. The molecule has 0 spiro atoms. The van der Waals surface area contributed by atoms with Crippen LogP contribution in [0.25, 0.3) is 0 Å². The van der Waals surface area contributed by atoms with Crippen molar-refractivity contribution in [1.29, 1.82) is 5.26 Å². The molecule has 7 heteroatoms. The van der Waals surface area contributed by atoms with Crippen LogP contribution in [0.1, 0.15) is 59.7 Å². The number of amides is 1. The third-order valence-electron chi connectivity index (χ3n) is 4.49. The lowest BCUT2D eigenvalue weighted by Gasteiger charge is -2.32. The zero-order chi connectivity index (χ0) is 19.2. The Kier molecular flexibility index (Phi) is 6.34. The second-order valence-electron chi connectivity index (χ2n) is 6.33. The molecule has 0 saturated heterocycles. The highest BCUT2D eigenvalue weighted by Gasteiger charge is 2.35. The van der Waals surface area contributed by atoms with Gasteiger partial charge in [0.1, 0.15) is 5.54 Å². The van der Waals surface area contributed by atoms with Gasteiger partial charge < -0.3 is 14.8 Å². The first-order valence-corrected chi connectivity index (χ1v) is 8.54. The van der Waals surface area contributed by atoms with Crippen molar-refractivity contribution in [2.75, 3.05) is 7.11 Å². The topological polar surface area (TPSA) is 105 Å². The number of ether oxygens (including phenoxy) is 2. The van der Waals surface area contributed by atoms with Crippen LogP contribution in [0.3, 0.4) is 0 Å². The minimum atomic E-state index is -1.10. The molecule has 0 bridgehead atoms. The molecule has 1 unspecified atom stereocenters. The summed E-state index contributed by atoms with van der Waals surface area (Å²) in [5.74, 6) is -2.00. The summed E-state index contributed by atoms with van der Waals surface area (Å²) >= 11 is 0. The molecule has 138 valence electrons. The van der Waals surface area contributed by atoms with E-state index in [1.165, 1.54) is 26.2 Å². The molecule has 1 saturated carbocycles. The predicted octanol–water partition coefficient (Wildman–Crippen LogP) is 2.36. The SMILES string of the molecule is COC(=O)c1ccccc1C(=O)OC(C)C(=O)NC1(C#N)CCCCC1. The largest absolute Gasteiger partial charge is 0.465 e. The molecule has 26 heavy (non-hydrogen) atoms. The summed E-state index contributed by atoms with van der Waals surface area (Å²) in [6.45, 7) is 1.43. The van der Waals surface area contributed by atoms with E-state index in [1.807, 2.05) is 0 Å². The lowest BCUT2D eigenvalue weighted by Crippen LogP contribution is -2.52. The molecule has 1 amide bonds. The number of nitrogens with zero attached hydrogens (tertiary/aromatic N) is 1. The Labute approximate surface area is 152 Å². The molecular formula is C19H22N2O5. The first kappa shape index (κ1) is 19.4. The van der Waals surface area contributed by atoms with Gasteiger partial charge in [0, 0.05) is 0 Å². The summed E-state index contributed by atoms with van der Waals surface area (Å²) in [7, 11) is 1.21. The van der Waals surface area contributed by atoms with Gasteiger partial charge in [-0.05, 0) is 31.9 Å². The molecule has 2 rings (SSSR count). The maximum Gasteiger partial charge on any atom is 0.339 e. The predicted molar refractivity (Wildman–Crippen MR) is 92.2 cm³/mol. The molecule has 0 aromatic heterocycles. The van der Waals surface area contributed by atoms with Crippen molar-refractivity contribution in [2.45, 2.75) is 50.7 Å². The molecule has 1 aliphatic rings. The fourth-order valence-electron chi connectivity index (χ4n) is 2.98. The van der Waals surface area contributed by atoms with Crippen molar-refractivity contribution in [2.24, 2.45) is 0 Å². The first-order valence-electron chi connectivity index (χ1n) is 8.54. The summed E-state index contributed by atoms with van der Waals surface area (Å²) in [6.07, 6.45) is 2.85. The summed E-state index contributed by atoms with van der Waals surface area (Å²) in [5.41, 5.74) is -0.819. The van der Waals surface area contributed by atoms with Crippen molar-refractivity contribution < 1.29 is 23.9 Å². The van der Waals surface area contributed by atoms with Crippen LogP contribution in [0.4, 0.5) is 0 Å². The zero-order valence-corrected chi connectivity index (χ0v) is 14.9. The minimum Gasteiger partial charge on any atom is -0.465 e. The highest BCUT2D eigenvalue weighted by atomic mass is 16.5. The Hall–Kier alpha value is -2.88. The molecule has 0 radical (unpaired) electrons. The maximum absolute atomic E-state index is 12.4. The van der Waals surface area contributed by atoms with Gasteiger partial charge >= 0.3 is 11.9 Å². The third-order valence-corrected chi connectivity index (χ3v) is 4.49. The summed E-state index contributed by atoms with van der Waals surface area (Å²) in [6, 6.07) is 8.24. The number of esters is 2. The Morgan fingerprint density at radius 3 is 2.23 bits per heavy atom. The lowest BCUT2D eigenvalue weighted by atomic mass is 9.83. The number of hydrogen-bond donors (Lipinski definition) is 1. The fraction of sp³-hybridized carbons (Fsp3) is 0.474. The van der Waals surface area contributed by atoms with Crippen LogP contribution in [0, 0.1) is 11.3 Å². The number of rotatable bonds is 5. The fourth-order valence-corrected chi connectivity index (χ4v) is 2.98. The Balaban J connectivity index is 2.06. The van der Waals surface area contributed by atoms with E-state index in [2.05, 4.69) is 16.1 Å². The lowest BCUT2D eigenvalue weighted by molar-refractivity contribution is -0.130. The van der Waals surface area contributed by atoms with E-state index in [1.54, 1.807) is 12.1 Å². The Morgan fingerprint density at radius 1 is 1.12 bits per heavy atom. The van der Waals surface area contributed by atoms with Crippen molar-refractivity contribution in [3.8, 4) is 6.07 Å². The maximum atomic E-state index is 12.4. The van der Waals surface area contributed by atoms with E-state index in [0.717, 1.165) is 19.3 Å². The van der Waals surface area contributed by atoms with Crippen LogP contribution in [0.5, 0.6) is 0 Å². The highest BCUT2D eigenvalue weighted by molar-refractivity contribution is 6.03. The number of methoxy groups -OCH3 is 1. The standard InChI is InChI=1S/C19H22N2O5/c1-13(16(22)21-19(12-20)10-6-3-7-11-19)26-18(24)15-9-5-4-8-14(15)17(23)25-2/h4-5,8-9,13H,3,6-7,10-11H2,1-2H3,(H,21,22). The van der Waals surface area contributed by atoms with Gasteiger partial charge in [-0.3, -0.25) is 4.79 Å². The van der Waals surface area contributed by atoms with Gasteiger partial charge in [-0.25, -0.2) is 9.59 Å². The van der Waals surface area contributed by atoms with Crippen molar-refractivity contribution in [1.82, 2.24) is 5.32 Å². The van der Waals surface area contributed by atoms with E-state index in [4.69, 9.17) is 4.74 Å². The molecule has 1 atom stereocenters. The smallest absolute Gasteiger partial charge is 0.339 e. The first-order chi connectivity index (χ1) is 12.4. The van der Waals surface area contributed by atoms with Gasteiger partial charge in [0.15, 0.2) is 6.10 Å². The van der Waals surface area contributed by atoms with Crippen LogP contribution in [-0.4, -0.2) is 36.6 Å². The van der Waals surface area contributed by atoms with E-state index < -0.39 is 29.5 Å². The minimum absolute atomic E-state index is 0.0201. The van der Waals surface area contributed by atoms with Crippen LogP contribution in [0.15, 0.2) is 24.3 Å². The number of benzene rings is 1. The van der Waals surface area contributed by atoms with Gasteiger partial charge in [0.05, 0.1) is 24.3 Å². The van der Waals surface area contributed by atoms with Gasteiger partial charge in [0.2, 0.25) is 0 Å². The van der Waals surface area contributed by atoms with E-state index in [9.17, 15) is 19.6 Å². The molecule has 0 aliphatic heterocycles. The number of carbonyl (C=O) groups is 3. The molecule has 1 aromatic carbocycles. The number of hydrogen-bond acceptors (Lipinski definition) is 6. The third kappa shape index (κ3) is 4.39. The number of nitriles is 1. The van der Waals surface area contributed by atoms with E-state index >= 15 is 0 Å². The highest BCUT2D eigenvalue weighted by Crippen LogP contribution is 2.27. The van der Waals surface area contributed by atoms with Gasteiger partial charge in [-0.1, -0.05) is 31.4 Å². The molecule has 1 fully saturated rings. The average molecular weight is 358 g/mol. The second kappa shape index (κ2) is 8.48. The van der Waals surface area contributed by atoms with E-state index in [0.29, 0.717) is 12.8 Å². The summed E-state index contributed by atoms with van der Waals surface area (Å²) in [4.78, 5) is 36.5. The van der Waals surface area contributed by atoms with Crippen molar-refractivity contribution in [3.63, 3.8) is 0 Å². The quantitative estimate of drug-likeness (QED) is 0.810. The van der Waals surface area contributed by atoms with Gasteiger partial charge in [0.25, 0.3) is 5.91 Å². The van der Waals surface area contributed by atoms with Crippen LogP contribution in [0.2, 0.25) is 0 Å². The van der Waals surface area contributed by atoms with Crippen molar-refractivity contribution >= 4 is 17.8 Å². The van der Waals surface area contributed by atoms with E-state index in [-0.39, 0.29) is 11.1 Å². The molecular weight excluding hydrogens is 336 g/mol.